The first-order valence-electron chi connectivity index (χ1n) is 12.0. The molecule has 180 valence electrons. The van der Waals surface area contributed by atoms with Gasteiger partial charge in [-0.3, -0.25) is 9.59 Å². The first kappa shape index (κ1) is 23.0. The number of morpholine rings is 1. The van der Waals surface area contributed by atoms with Crippen molar-refractivity contribution in [1.29, 1.82) is 0 Å². The standard InChI is InChI=1S/C26H30FN3O4/c27-24-11-18(26(33)30-20-6-7-21(30)15-34-14-20)5-8-23(24)25(32)29-13-22(31)12-28-19-9-16-3-1-2-4-17(16)10-19/h1-5,8,11,19-22,28,31H,6-7,9-10,12-15H2,(H,29,32)/t20?,21?,22-/m0/s1. The Hall–Kier alpha value is -2.81. The topological polar surface area (TPSA) is 90.9 Å². The molecule has 2 unspecified atom stereocenters. The predicted octanol–water partition coefficient (Wildman–Crippen LogP) is 1.68. The highest BCUT2D eigenvalue weighted by Crippen LogP contribution is 2.30. The van der Waals surface area contributed by atoms with Crippen molar-refractivity contribution in [3.8, 4) is 0 Å². The number of nitrogens with one attached hydrogen (secondary N) is 2. The lowest BCUT2D eigenvalue weighted by atomic mass is 10.1. The number of nitrogens with zero attached hydrogens (tertiary/aromatic N) is 1. The van der Waals surface area contributed by atoms with E-state index in [2.05, 4.69) is 22.8 Å². The molecule has 2 aromatic carbocycles. The van der Waals surface area contributed by atoms with Crippen LogP contribution in [0.5, 0.6) is 0 Å². The number of rotatable bonds is 7. The largest absolute Gasteiger partial charge is 0.390 e. The average molecular weight is 468 g/mol. The molecule has 8 heteroatoms. The number of carbonyl (C=O) groups excluding carboxylic acids is 2. The van der Waals surface area contributed by atoms with Gasteiger partial charge in [-0.2, -0.15) is 0 Å². The Bertz CT molecular complexity index is 1040. The molecule has 2 saturated heterocycles. The van der Waals surface area contributed by atoms with Gasteiger partial charge in [0, 0.05) is 24.7 Å². The fraction of sp³-hybridized carbons (Fsp3) is 0.462. The number of hydrogen-bond acceptors (Lipinski definition) is 5. The lowest BCUT2D eigenvalue weighted by Crippen LogP contribution is -2.49. The molecule has 2 aliphatic heterocycles. The quantitative estimate of drug-likeness (QED) is 0.577. The number of aliphatic hydroxyl groups is 1. The lowest BCUT2D eigenvalue weighted by Gasteiger charge is -2.34. The van der Waals surface area contributed by atoms with E-state index in [-0.39, 0.29) is 41.7 Å². The number of aliphatic hydroxyl groups excluding tert-OH is 1. The van der Waals surface area contributed by atoms with Gasteiger partial charge in [0.1, 0.15) is 5.82 Å². The van der Waals surface area contributed by atoms with E-state index >= 15 is 0 Å². The molecular weight excluding hydrogens is 437 g/mol. The number of benzene rings is 2. The SMILES string of the molecule is O=C(NC[C@@H](O)CNC1Cc2ccccc2C1)c1ccc(C(=O)N2C3CCC2COC3)cc1F. The molecule has 3 N–H and O–H groups in total. The van der Waals surface area contributed by atoms with Gasteiger partial charge in [0.2, 0.25) is 0 Å². The molecule has 3 aliphatic rings. The van der Waals surface area contributed by atoms with Crippen molar-refractivity contribution < 1.29 is 23.8 Å². The maximum absolute atomic E-state index is 14.7. The molecule has 7 nitrogen and oxygen atoms in total. The molecule has 2 amide bonds. The summed E-state index contributed by atoms with van der Waals surface area (Å²) in [5, 5.41) is 16.2. The summed E-state index contributed by atoms with van der Waals surface area (Å²) in [5.74, 6) is -1.59. The molecule has 2 fully saturated rings. The maximum atomic E-state index is 14.7. The van der Waals surface area contributed by atoms with Crippen molar-refractivity contribution >= 4 is 11.8 Å². The van der Waals surface area contributed by atoms with Gasteiger partial charge in [0.05, 0.1) is 37.0 Å². The van der Waals surface area contributed by atoms with Crippen LogP contribution in [0.15, 0.2) is 42.5 Å². The zero-order valence-electron chi connectivity index (χ0n) is 19.0. The van der Waals surface area contributed by atoms with Gasteiger partial charge in [-0.25, -0.2) is 4.39 Å². The average Bonchev–Trinajstić information content (AvgIpc) is 3.37. The Morgan fingerprint density at radius 3 is 2.38 bits per heavy atom. The molecule has 5 rings (SSSR count). The van der Waals surface area contributed by atoms with E-state index in [9.17, 15) is 19.1 Å². The van der Waals surface area contributed by atoms with Crippen LogP contribution in [0.1, 0.15) is 44.7 Å². The number of amides is 2. The van der Waals surface area contributed by atoms with Crippen molar-refractivity contribution in [3.63, 3.8) is 0 Å². The lowest BCUT2D eigenvalue weighted by molar-refractivity contribution is -0.00718. The Labute approximate surface area is 198 Å². The maximum Gasteiger partial charge on any atom is 0.254 e. The first-order valence-corrected chi connectivity index (χ1v) is 12.0. The van der Waals surface area contributed by atoms with Gasteiger partial charge in [-0.15, -0.1) is 0 Å². The molecule has 0 spiro atoms. The van der Waals surface area contributed by atoms with Crippen LogP contribution in [0.25, 0.3) is 0 Å². The smallest absolute Gasteiger partial charge is 0.254 e. The minimum atomic E-state index is -0.798. The van der Waals surface area contributed by atoms with E-state index in [0.717, 1.165) is 31.7 Å². The van der Waals surface area contributed by atoms with Crippen LogP contribution in [0.2, 0.25) is 0 Å². The highest BCUT2D eigenvalue weighted by atomic mass is 19.1. The summed E-state index contributed by atoms with van der Waals surface area (Å²) in [6, 6.07) is 12.6. The fourth-order valence-electron chi connectivity index (χ4n) is 5.33. The summed E-state index contributed by atoms with van der Waals surface area (Å²) in [6.45, 7) is 1.35. The normalized spacial score (nSPS) is 22.5. The second-order valence-electron chi connectivity index (χ2n) is 9.48. The van der Waals surface area contributed by atoms with Gasteiger partial charge in [0.15, 0.2) is 0 Å². The van der Waals surface area contributed by atoms with E-state index in [0.29, 0.717) is 19.8 Å². The third-order valence-electron chi connectivity index (χ3n) is 7.13. The van der Waals surface area contributed by atoms with Gasteiger partial charge in [0.25, 0.3) is 11.8 Å². The third-order valence-corrected chi connectivity index (χ3v) is 7.13. The fourth-order valence-corrected chi connectivity index (χ4v) is 5.33. The number of carbonyl (C=O) groups is 2. The van der Waals surface area contributed by atoms with E-state index in [1.54, 1.807) is 4.90 Å². The Balaban J connectivity index is 1.11. The molecule has 3 atom stereocenters. The van der Waals surface area contributed by atoms with Gasteiger partial charge in [-0.05, 0) is 55.0 Å². The minimum Gasteiger partial charge on any atom is -0.390 e. The summed E-state index contributed by atoms with van der Waals surface area (Å²) in [4.78, 5) is 27.2. The molecule has 34 heavy (non-hydrogen) atoms. The molecule has 0 saturated carbocycles. The van der Waals surface area contributed by atoms with Gasteiger partial charge < -0.3 is 25.4 Å². The van der Waals surface area contributed by atoms with Crippen molar-refractivity contribution in [3.05, 3.63) is 70.5 Å². The van der Waals surface area contributed by atoms with Crippen LogP contribution < -0.4 is 10.6 Å². The van der Waals surface area contributed by atoms with Crippen LogP contribution in [-0.2, 0) is 17.6 Å². The third kappa shape index (κ3) is 4.71. The molecule has 0 aromatic heterocycles. The zero-order valence-corrected chi connectivity index (χ0v) is 19.0. The summed E-state index contributed by atoms with van der Waals surface area (Å²) >= 11 is 0. The Morgan fingerprint density at radius 2 is 1.74 bits per heavy atom. The van der Waals surface area contributed by atoms with Crippen LogP contribution in [0, 0.1) is 5.82 Å². The Morgan fingerprint density at radius 1 is 1.06 bits per heavy atom. The summed E-state index contributed by atoms with van der Waals surface area (Å²) < 4.78 is 20.2. The number of halogens is 1. The second-order valence-corrected chi connectivity index (χ2v) is 9.48. The number of hydrogen-bond donors (Lipinski definition) is 3. The van der Waals surface area contributed by atoms with Gasteiger partial charge in [-0.1, -0.05) is 24.3 Å². The molecule has 2 aromatic rings. The highest BCUT2D eigenvalue weighted by Gasteiger charge is 2.40. The van der Waals surface area contributed by atoms with Crippen molar-refractivity contribution in [2.24, 2.45) is 0 Å². The van der Waals surface area contributed by atoms with E-state index in [1.165, 1.54) is 23.3 Å². The summed E-state index contributed by atoms with van der Waals surface area (Å²) in [7, 11) is 0. The molecule has 1 aliphatic carbocycles. The van der Waals surface area contributed by atoms with Gasteiger partial charge >= 0.3 is 0 Å². The van der Waals surface area contributed by atoms with Crippen LogP contribution in [-0.4, -0.2) is 72.4 Å². The molecule has 2 bridgehead atoms. The van der Waals surface area contributed by atoms with Crippen LogP contribution >= 0.6 is 0 Å². The first-order chi connectivity index (χ1) is 16.5. The van der Waals surface area contributed by atoms with Crippen LogP contribution in [0.4, 0.5) is 4.39 Å². The van der Waals surface area contributed by atoms with E-state index in [1.807, 2.05) is 12.1 Å². The van der Waals surface area contributed by atoms with E-state index in [4.69, 9.17) is 4.74 Å². The van der Waals surface area contributed by atoms with Crippen molar-refractivity contribution in [2.45, 2.75) is 49.9 Å². The number of fused-ring (bicyclic) bond motifs is 3. The molecule has 0 radical (unpaired) electrons. The predicted molar refractivity (Wildman–Crippen MR) is 124 cm³/mol. The number of ether oxygens (including phenoxy) is 1. The minimum absolute atomic E-state index is 0.00274. The zero-order chi connectivity index (χ0) is 23.7. The molecular formula is C26H30FN3O4. The van der Waals surface area contributed by atoms with E-state index < -0.39 is 17.8 Å². The highest BCUT2D eigenvalue weighted by molar-refractivity contribution is 5.98. The van der Waals surface area contributed by atoms with Crippen molar-refractivity contribution in [1.82, 2.24) is 15.5 Å². The monoisotopic (exact) mass is 467 g/mol. The summed E-state index contributed by atoms with van der Waals surface area (Å²) in [5.41, 5.74) is 2.73. The Kier molecular flexibility index (Phi) is 6.63. The summed E-state index contributed by atoms with van der Waals surface area (Å²) in [6.07, 6.45) is 2.82. The second kappa shape index (κ2) is 9.82. The van der Waals surface area contributed by atoms with Crippen molar-refractivity contribution in [2.75, 3.05) is 26.3 Å². The molecule has 2 heterocycles. The van der Waals surface area contributed by atoms with Crippen LogP contribution in [0.3, 0.4) is 0 Å².